The third-order valence-corrected chi connectivity index (χ3v) is 2.67. The van der Waals surface area contributed by atoms with Crippen LogP contribution in [0.25, 0.3) is 0 Å². The summed E-state index contributed by atoms with van der Waals surface area (Å²) in [7, 11) is 1.58. The Morgan fingerprint density at radius 3 is 2.43 bits per heavy atom. The Morgan fingerprint density at radius 2 is 1.81 bits per heavy atom. The average Bonchev–Trinajstić information content (AvgIpc) is 2.47. The van der Waals surface area contributed by atoms with Crippen LogP contribution in [0, 0.1) is 0 Å². The zero-order valence-electron chi connectivity index (χ0n) is 11.7. The molecule has 0 atom stereocenters. The number of ether oxygens (including phenoxy) is 1. The molecular weight excluding hydrogens is 270 g/mol. The van der Waals surface area contributed by atoms with E-state index in [1.54, 1.807) is 37.4 Å². The molecule has 0 aliphatic rings. The normalized spacial score (nSPS) is 9.81. The molecular formula is C15H15N3O3. The van der Waals surface area contributed by atoms with E-state index in [0.29, 0.717) is 22.8 Å². The molecule has 0 radical (unpaired) electrons. The molecule has 2 aromatic rings. The van der Waals surface area contributed by atoms with Gasteiger partial charge in [0.15, 0.2) is 0 Å². The van der Waals surface area contributed by atoms with Gasteiger partial charge in [0.05, 0.1) is 7.11 Å². The van der Waals surface area contributed by atoms with Gasteiger partial charge in [-0.15, -0.1) is 0 Å². The summed E-state index contributed by atoms with van der Waals surface area (Å²) in [5, 5.41) is 5.29. The van der Waals surface area contributed by atoms with E-state index in [9.17, 15) is 9.59 Å². The Hall–Kier alpha value is -2.89. The van der Waals surface area contributed by atoms with Crippen molar-refractivity contribution in [3.63, 3.8) is 0 Å². The van der Waals surface area contributed by atoms with Gasteiger partial charge in [0.1, 0.15) is 11.6 Å². The van der Waals surface area contributed by atoms with Crippen LogP contribution in [0.4, 0.5) is 11.5 Å². The van der Waals surface area contributed by atoms with Crippen LogP contribution in [-0.2, 0) is 4.79 Å². The number of nitrogens with one attached hydrogen (secondary N) is 2. The van der Waals surface area contributed by atoms with Crippen molar-refractivity contribution in [2.24, 2.45) is 0 Å². The lowest BCUT2D eigenvalue weighted by molar-refractivity contribution is -0.114. The van der Waals surface area contributed by atoms with E-state index in [1.807, 2.05) is 0 Å². The SMILES string of the molecule is COc1ccc(NC(=O)c2ccnc(NC(C)=O)c2)cc1. The predicted molar refractivity (Wildman–Crippen MR) is 79.5 cm³/mol. The Balaban J connectivity index is 2.10. The number of pyridine rings is 1. The summed E-state index contributed by atoms with van der Waals surface area (Å²) in [6.45, 7) is 1.38. The Kier molecular flexibility index (Phi) is 4.50. The van der Waals surface area contributed by atoms with Crippen molar-refractivity contribution in [2.75, 3.05) is 17.7 Å². The molecule has 1 aromatic heterocycles. The standard InChI is InChI=1S/C15H15N3O3/c1-10(19)17-14-9-11(7-8-16-14)15(20)18-12-3-5-13(21-2)6-4-12/h3-9H,1-2H3,(H,18,20)(H,16,17,19). The molecule has 1 aromatic carbocycles. The fraction of sp³-hybridized carbons (Fsp3) is 0.133. The first-order valence-corrected chi connectivity index (χ1v) is 6.27. The molecule has 108 valence electrons. The van der Waals surface area contributed by atoms with Crippen LogP contribution in [0.1, 0.15) is 17.3 Å². The van der Waals surface area contributed by atoms with Crippen LogP contribution in [-0.4, -0.2) is 23.9 Å². The van der Waals surface area contributed by atoms with Gasteiger partial charge in [0, 0.05) is 24.4 Å². The van der Waals surface area contributed by atoms with E-state index in [0.717, 1.165) is 0 Å². The van der Waals surface area contributed by atoms with Crippen molar-refractivity contribution in [2.45, 2.75) is 6.92 Å². The molecule has 0 aliphatic carbocycles. The number of rotatable bonds is 4. The number of aromatic nitrogens is 1. The monoisotopic (exact) mass is 285 g/mol. The third kappa shape index (κ3) is 4.04. The number of benzene rings is 1. The van der Waals surface area contributed by atoms with Crippen LogP contribution in [0.5, 0.6) is 5.75 Å². The fourth-order valence-corrected chi connectivity index (χ4v) is 1.70. The van der Waals surface area contributed by atoms with Crippen LogP contribution < -0.4 is 15.4 Å². The van der Waals surface area contributed by atoms with Crippen LogP contribution >= 0.6 is 0 Å². The predicted octanol–water partition coefficient (Wildman–Crippen LogP) is 2.30. The van der Waals surface area contributed by atoms with Gasteiger partial charge >= 0.3 is 0 Å². The van der Waals surface area contributed by atoms with Crippen LogP contribution in [0.15, 0.2) is 42.6 Å². The zero-order chi connectivity index (χ0) is 15.2. The molecule has 0 spiro atoms. The Labute approximate surface area is 122 Å². The molecule has 2 amide bonds. The van der Waals surface area contributed by atoms with Gasteiger partial charge in [-0.05, 0) is 36.4 Å². The van der Waals surface area contributed by atoms with Crippen LogP contribution in [0.3, 0.4) is 0 Å². The summed E-state index contributed by atoms with van der Waals surface area (Å²) in [5.41, 5.74) is 1.06. The third-order valence-electron chi connectivity index (χ3n) is 2.67. The number of amides is 2. The van der Waals surface area contributed by atoms with Gasteiger partial charge in [-0.3, -0.25) is 9.59 Å². The molecule has 21 heavy (non-hydrogen) atoms. The smallest absolute Gasteiger partial charge is 0.255 e. The second-order valence-electron chi connectivity index (χ2n) is 4.29. The molecule has 0 saturated carbocycles. The van der Waals surface area contributed by atoms with E-state index in [4.69, 9.17) is 4.74 Å². The van der Waals surface area contributed by atoms with E-state index in [-0.39, 0.29) is 11.8 Å². The van der Waals surface area contributed by atoms with Gasteiger partial charge in [-0.2, -0.15) is 0 Å². The van der Waals surface area contributed by atoms with Crippen LogP contribution in [0.2, 0.25) is 0 Å². The largest absolute Gasteiger partial charge is 0.497 e. The minimum Gasteiger partial charge on any atom is -0.497 e. The first-order chi connectivity index (χ1) is 10.1. The molecule has 6 heteroatoms. The van der Waals surface area contributed by atoms with E-state index in [2.05, 4.69) is 15.6 Å². The Morgan fingerprint density at radius 1 is 1.10 bits per heavy atom. The molecule has 1 heterocycles. The van der Waals surface area contributed by atoms with E-state index in [1.165, 1.54) is 19.2 Å². The minimum absolute atomic E-state index is 0.241. The number of anilines is 2. The highest BCUT2D eigenvalue weighted by Crippen LogP contribution is 2.16. The number of hydrogen-bond acceptors (Lipinski definition) is 4. The Bertz CT molecular complexity index is 653. The maximum atomic E-state index is 12.1. The van der Waals surface area contributed by atoms with Crippen molar-refractivity contribution in [3.05, 3.63) is 48.2 Å². The second kappa shape index (κ2) is 6.51. The summed E-state index contributed by atoms with van der Waals surface area (Å²) in [5.74, 6) is 0.527. The van der Waals surface area contributed by atoms with Crippen molar-refractivity contribution in [3.8, 4) is 5.75 Å². The number of carbonyl (C=O) groups excluding carboxylic acids is 2. The first-order valence-electron chi connectivity index (χ1n) is 6.27. The van der Waals surface area contributed by atoms with Crippen molar-refractivity contribution in [1.29, 1.82) is 0 Å². The molecule has 2 N–H and O–H groups in total. The maximum absolute atomic E-state index is 12.1. The summed E-state index contributed by atoms with van der Waals surface area (Å²) in [4.78, 5) is 27.1. The molecule has 0 aliphatic heterocycles. The lowest BCUT2D eigenvalue weighted by Gasteiger charge is -2.07. The summed E-state index contributed by atoms with van der Waals surface area (Å²) in [6, 6.07) is 10.1. The highest BCUT2D eigenvalue weighted by atomic mass is 16.5. The molecule has 0 fully saturated rings. The molecule has 0 saturated heterocycles. The number of carbonyl (C=O) groups is 2. The first kappa shape index (κ1) is 14.5. The van der Waals surface area contributed by atoms with E-state index >= 15 is 0 Å². The van der Waals surface area contributed by atoms with Crippen molar-refractivity contribution < 1.29 is 14.3 Å². The fourth-order valence-electron chi connectivity index (χ4n) is 1.70. The van der Waals surface area contributed by atoms with E-state index < -0.39 is 0 Å². The molecule has 0 unspecified atom stereocenters. The quantitative estimate of drug-likeness (QED) is 0.903. The van der Waals surface area contributed by atoms with Gasteiger partial charge in [0.25, 0.3) is 5.91 Å². The minimum atomic E-state index is -0.283. The second-order valence-corrected chi connectivity index (χ2v) is 4.29. The number of nitrogens with zero attached hydrogens (tertiary/aromatic N) is 1. The van der Waals surface area contributed by atoms with Gasteiger partial charge in [-0.1, -0.05) is 0 Å². The van der Waals surface area contributed by atoms with Gasteiger partial charge in [0.2, 0.25) is 5.91 Å². The lowest BCUT2D eigenvalue weighted by Crippen LogP contribution is -2.13. The topological polar surface area (TPSA) is 80.3 Å². The average molecular weight is 285 g/mol. The summed E-state index contributed by atoms with van der Waals surface area (Å²) in [6.07, 6.45) is 1.47. The van der Waals surface area contributed by atoms with Crippen molar-refractivity contribution in [1.82, 2.24) is 4.98 Å². The molecule has 6 nitrogen and oxygen atoms in total. The summed E-state index contributed by atoms with van der Waals surface area (Å²) < 4.78 is 5.05. The summed E-state index contributed by atoms with van der Waals surface area (Å²) >= 11 is 0. The van der Waals surface area contributed by atoms with Crippen molar-refractivity contribution >= 4 is 23.3 Å². The number of methoxy groups -OCH3 is 1. The molecule has 0 bridgehead atoms. The zero-order valence-corrected chi connectivity index (χ0v) is 11.7. The number of hydrogen-bond donors (Lipinski definition) is 2. The van der Waals surface area contributed by atoms with Gasteiger partial charge < -0.3 is 15.4 Å². The maximum Gasteiger partial charge on any atom is 0.255 e. The lowest BCUT2D eigenvalue weighted by atomic mass is 10.2. The molecule has 2 rings (SSSR count). The highest BCUT2D eigenvalue weighted by Gasteiger charge is 2.08. The highest BCUT2D eigenvalue weighted by molar-refractivity contribution is 6.05. The van der Waals surface area contributed by atoms with Gasteiger partial charge in [-0.25, -0.2) is 4.98 Å².